The lowest BCUT2D eigenvalue weighted by Crippen LogP contribution is -2.67. The molecule has 8 atom stereocenters. The summed E-state index contributed by atoms with van der Waals surface area (Å²) in [5.41, 5.74) is -0.122. The molecule has 4 nitrogen and oxygen atoms in total. The third-order valence-corrected chi connectivity index (χ3v) is 12.9. The lowest BCUT2D eigenvalue weighted by atomic mass is 9.40. The van der Waals surface area contributed by atoms with Crippen LogP contribution in [0.15, 0.2) is 23.8 Å². The van der Waals surface area contributed by atoms with Crippen molar-refractivity contribution >= 4 is 11.8 Å². The average molecular weight is 469 g/mol. The number of Topliss-reactive ketones (excluding diaryl/α,β-unsaturated/α-hetero) is 1. The van der Waals surface area contributed by atoms with Crippen LogP contribution in [0.4, 0.5) is 0 Å². The number of carbonyl (C=O) groups is 2. The first-order valence-corrected chi connectivity index (χ1v) is 13.6. The lowest BCUT2D eigenvalue weighted by Gasteiger charge is -2.66. The summed E-state index contributed by atoms with van der Waals surface area (Å²) in [6, 6.07) is 0. The maximum Gasteiger partial charge on any atom is 0.331 e. The first kappa shape index (κ1) is 24.3. The molecule has 0 aromatic heterocycles. The summed E-state index contributed by atoms with van der Waals surface area (Å²) in [6.45, 7) is 13.0. The van der Waals surface area contributed by atoms with Crippen LogP contribution in [0.3, 0.4) is 0 Å². The number of carboxylic acids is 1. The van der Waals surface area contributed by atoms with Crippen LogP contribution in [0.5, 0.6) is 0 Å². The zero-order valence-electron chi connectivity index (χ0n) is 22.0. The number of carbonyl (C=O) groups excluding carboxylic acids is 1. The van der Waals surface area contributed by atoms with Gasteiger partial charge in [-0.15, -0.1) is 0 Å². The molecule has 2 N–H and O–H groups in total. The van der Waals surface area contributed by atoms with Crippen LogP contribution in [0.1, 0.15) is 99.3 Å². The van der Waals surface area contributed by atoms with Crippen molar-refractivity contribution in [1.82, 2.24) is 0 Å². The zero-order chi connectivity index (χ0) is 24.9. The van der Waals surface area contributed by atoms with Gasteiger partial charge in [0.05, 0.1) is 5.60 Å². The number of rotatable bonds is 4. The molecule has 0 aliphatic heterocycles. The summed E-state index contributed by atoms with van der Waals surface area (Å²) in [5, 5.41) is 21.7. The Balaban J connectivity index is 1.45. The molecular weight excluding hydrogens is 424 g/mol. The third kappa shape index (κ3) is 2.64. The van der Waals surface area contributed by atoms with E-state index in [0.29, 0.717) is 29.6 Å². The highest BCUT2D eigenvalue weighted by Gasteiger charge is 2.85. The summed E-state index contributed by atoms with van der Waals surface area (Å²) in [4.78, 5) is 24.0. The summed E-state index contributed by atoms with van der Waals surface area (Å²) >= 11 is 0. The molecular formula is C30H44O4. The second-order valence-electron chi connectivity index (χ2n) is 13.8. The van der Waals surface area contributed by atoms with Gasteiger partial charge in [0.25, 0.3) is 0 Å². The van der Waals surface area contributed by atoms with E-state index in [4.69, 9.17) is 5.11 Å². The fraction of sp³-hybridized carbons (Fsp3) is 0.800. The Labute approximate surface area is 205 Å². The van der Waals surface area contributed by atoms with Crippen molar-refractivity contribution in [2.45, 2.75) is 105 Å². The molecule has 4 heteroatoms. The highest BCUT2D eigenvalue weighted by Crippen LogP contribution is 2.90. The van der Waals surface area contributed by atoms with Crippen LogP contribution in [0.2, 0.25) is 0 Å². The molecule has 0 unspecified atom stereocenters. The highest BCUT2D eigenvalue weighted by atomic mass is 16.4. The molecule has 0 saturated heterocycles. The van der Waals surface area contributed by atoms with Gasteiger partial charge >= 0.3 is 5.97 Å². The molecule has 0 aromatic rings. The molecule has 5 aliphatic carbocycles. The van der Waals surface area contributed by atoms with Crippen LogP contribution in [-0.2, 0) is 9.59 Å². The summed E-state index contributed by atoms with van der Waals surface area (Å²) < 4.78 is 0. The molecule has 0 amide bonds. The number of ketones is 1. The Morgan fingerprint density at radius 2 is 1.71 bits per heavy atom. The number of carboxylic acid groups (broad SMARTS) is 1. The van der Waals surface area contributed by atoms with Gasteiger partial charge in [-0.25, -0.2) is 4.79 Å². The van der Waals surface area contributed by atoms with Gasteiger partial charge in [-0.1, -0.05) is 52.8 Å². The number of hydrogen-bond acceptors (Lipinski definition) is 3. The Kier molecular flexibility index (Phi) is 5.06. The zero-order valence-corrected chi connectivity index (χ0v) is 22.0. The van der Waals surface area contributed by atoms with Gasteiger partial charge in [0.1, 0.15) is 5.78 Å². The van der Waals surface area contributed by atoms with E-state index in [9.17, 15) is 14.7 Å². The number of allylic oxidation sites excluding steroid dienone is 3. The largest absolute Gasteiger partial charge is 0.478 e. The third-order valence-electron chi connectivity index (χ3n) is 12.9. The number of aliphatic hydroxyl groups is 1. The minimum absolute atomic E-state index is 0.176. The smallest absolute Gasteiger partial charge is 0.331 e. The quantitative estimate of drug-likeness (QED) is 0.373. The fourth-order valence-corrected chi connectivity index (χ4v) is 10.5. The van der Waals surface area contributed by atoms with Gasteiger partial charge in [0, 0.05) is 22.8 Å². The molecule has 5 fully saturated rings. The lowest BCUT2D eigenvalue weighted by molar-refractivity contribution is -0.241. The van der Waals surface area contributed by atoms with E-state index < -0.39 is 11.6 Å². The molecule has 5 rings (SSSR count). The number of hydrogen-bond donors (Lipinski definition) is 2. The van der Waals surface area contributed by atoms with E-state index in [0.717, 1.165) is 32.1 Å². The molecule has 0 bridgehead atoms. The van der Waals surface area contributed by atoms with E-state index in [-0.39, 0.29) is 33.0 Å². The Morgan fingerprint density at radius 3 is 2.38 bits per heavy atom. The van der Waals surface area contributed by atoms with Crippen LogP contribution < -0.4 is 0 Å². The van der Waals surface area contributed by atoms with Crippen molar-refractivity contribution in [3.05, 3.63) is 23.8 Å². The molecule has 34 heavy (non-hydrogen) atoms. The molecule has 0 heterocycles. The standard InChI is InChI=1S/C30H44O4/c1-19(24(32)33)8-7-9-20(2)26(5)14-15-28-18-29(26,28)16-17-30(34)22(28)11-10-21-25(3,4)23(31)12-13-27(21,30)6/h7-9,20-22,34H,10-18H2,1-6H3,(H,32,33)/b9-7-,19-8+/t20-,21+,22+,26+,27+,28-,29-,30-/m1/s1. The second-order valence-corrected chi connectivity index (χ2v) is 13.8. The number of aliphatic carboxylic acids is 1. The van der Waals surface area contributed by atoms with E-state index in [1.807, 2.05) is 6.08 Å². The molecule has 0 spiro atoms. The van der Waals surface area contributed by atoms with E-state index in [2.05, 4.69) is 40.7 Å². The average Bonchev–Trinajstić information content (AvgIpc) is 3.39. The summed E-state index contributed by atoms with van der Waals surface area (Å²) in [5.74, 6) is 0.481. The van der Waals surface area contributed by atoms with Crippen LogP contribution in [0, 0.1) is 44.8 Å². The van der Waals surface area contributed by atoms with E-state index in [1.54, 1.807) is 13.0 Å². The number of fused-ring (bicyclic) bond motifs is 3. The van der Waals surface area contributed by atoms with Gasteiger partial charge in [0.15, 0.2) is 0 Å². The van der Waals surface area contributed by atoms with Gasteiger partial charge < -0.3 is 10.2 Å². The van der Waals surface area contributed by atoms with Gasteiger partial charge in [-0.3, -0.25) is 4.79 Å². The van der Waals surface area contributed by atoms with Gasteiger partial charge in [-0.2, -0.15) is 0 Å². The summed E-state index contributed by atoms with van der Waals surface area (Å²) in [6.07, 6.45) is 15.0. The highest BCUT2D eigenvalue weighted by molar-refractivity contribution is 5.86. The molecule has 0 aromatic carbocycles. The normalized spacial score (nSPS) is 50.2. The Bertz CT molecular complexity index is 992. The topological polar surface area (TPSA) is 74.6 Å². The predicted octanol–water partition coefficient (Wildman–Crippen LogP) is 6.33. The first-order chi connectivity index (χ1) is 15.7. The Hall–Kier alpha value is -1.42. The fourth-order valence-electron chi connectivity index (χ4n) is 10.5. The van der Waals surface area contributed by atoms with Crippen molar-refractivity contribution in [3.63, 3.8) is 0 Å². The van der Waals surface area contributed by atoms with Crippen molar-refractivity contribution in [1.29, 1.82) is 0 Å². The van der Waals surface area contributed by atoms with Crippen LogP contribution in [-0.4, -0.2) is 27.6 Å². The van der Waals surface area contributed by atoms with Crippen molar-refractivity contribution in [2.24, 2.45) is 44.8 Å². The van der Waals surface area contributed by atoms with Gasteiger partial charge in [0.2, 0.25) is 0 Å². The Morgan fingerprint density at radius 1 is 1.03 bits per heavy atom. The maximum absolute atomic E-state index is 12.8. The van der Waals surface area contributed by atoms with E-state index >= 15 is 0 Å². The van der Waals surface area contributed by atoms with Crippen molar-refractivity contribution in [3.8, 4) is 0 Å². The van der Waals surface area contributed by atoms with E-state index in [1.165, 1.54) is 19.3 Å². The summed E-state index contributed by atoms with van der Waals surface area (Å²) in [7, 11) is 0. The minimum Gasteiger partial charge on any atom is -0.478 e. The SMILES string of the molecule is C/C(=C\C=C/[C@@H](C)[C@]1(C)CC[C@]23C[C@@]21CC[C@@]1(O)[C@H]3CC[C@H]2C(C)(C)C(=O)CC[C@@]21C)C(=O)O. The maximum atomic E-state index is 12.8. The van der Waals surface area contributed by atoms with Crippen LogP contribution in [0.25, 0.3) is 0 Å². The van der Waals surface area contributed by atoms with Crippen molar-refractivity contribution in [2.75, 3.05) is 0 Å². The minimum atomic E-state index is -0.868. The van der Waals surface area contributed by atoms with Crippen molar-refractivity contribution < 1.29 is 19.8 Å². The van der Waals surface area contributed by atoms with Crippen LogP contribution >= 0.6 is 0 Å². The molecule has 0 radical (unpaired) electrons. The monoisotopic (exact) mass is 468 g/mol. The molecule has 188 valence electrons. The molecule has 5 saturated carbocycles. The molecule has 5 aliphatic rings. The van der Waals surface area contributed by atoms with Gasteiger partial charge in [-0.05, 0) is 92.3 Å². The predicted molar refractivity (Wildman–Crippen MR) is 133 cm³/mol. The second kappa shape index (κ2) is 7.08. The first-order valence-electron chi connectivity index (χ1n) is 13.6.